The van der Waals surface area contributed by atoms with Gasteiger partial charge >= 0.3 is 13.6 Å². The van der Waals surface area contributed by atoms with E-state index in [0.29, 0.717) is 11.1 Å². The van der Waals surface area contributed by atoms with E-state index in [1.807, 2.05) is 36.4 Å². The number of aliphatic carboxylic acids is 1. The Labute approximate surface area is 151 Å². The number of hydrogen-bond donors (Lipinski definition) is 2. The third-order valence-electron chi connectivity index (χ3n) is 4.33. The average molecular weight is 370 g/mol. The van der Waals surface area contributed by atoms with Crippen LogP contribution in [-0.2, 0) is 13.9 Å². The molecule has 0 aromatic heterocycles. The van der Waals surface area contributed by atoms with Crippen molar-refractivity contribution in [1.82, 2.24) is 0 Å². The lowest BCUT2D eigenvalue weighted by molar-refractivity contribution is -0.145. The van der Waals surface area contributed by atoms with Crippen LogP contribution in [0, 0.1) is 0 Å². The number of fused-ring (bicyclic) bond motifs is 1. The van der Waals surface area contributed by atoms with E-state index in [1.165, 1.54) is 0 Å². The Morgan fingerprint density at radius 1 is 0.923 bits per heavy atom. The van der Waals surface area contributed by atoms with Gasteiger partial charge in [-0.15, -0.1) is 0 Å². The summed E-state index contributed by atoms with van der Waals surface area (Å²) in [6.45, 7) is 1.56. The van der Waals surface area contributed by atoms with E-state index in [9.17, 15) is 19.4 Å². The molecule has 0 radical (unpaired) electrons. The average Bonchev–Trinajstić information content (AvgIpc) is 2.65. The zero-order valence-electron chi connectivity index (χ0n) is 14.1. The Hall–Kier alpha value is -2.46. The van der Waals surface area contributed by atoms with Crippen molar-refractivity contribution < 1.29 is 23.9 Å². The lowest BCUT2D eigenvalue weighted by atomic mass is 10.1. The molecule has 3 rings (SSSR count). The largest absolute Gasteiger partial charge is 0.479 e. The van der Waals surface area contributed by atoms with Crippen LogP contribution in [0.25, 0.3) is 10.8 Å². The topological polar surface area (TPSA) is 83.8 Å². The molecule has 3 aromatic rings. The molecule has 0 aliphatic rings. The molecule has 0 bridgehead atoms. The highest BCUT2D eigenvalue weighted by molar-refractivity contribution is 7.53. The van der Waals surface area contributed by atoms with Gasteiger partial charge in [0.1, 0.15) is 0 Å². The van der Waals surface area contributed by atoms with Gasteiger partial charge in [0, 0.05) is 0 Å². The van der Waals surface area contributed by atoms with Gasteiger partial charge in [-0.25, -0.2) is 4.79 Å². The summed E-state index contributed by atoms with van der Waals surface area (Å²) >= 11 is 0. The zero-order chi connectivity index (χ0) is 18.7. The first-order valence-corrected chi connectivity index (χ1v) is 9.80. The predicted molar refractivity (Wildman–Crippen MR) is 100 cm³/mol. The number of carbonyl (C=O) groups is 1. The predicted octanol–water partition coefficient (Wildman–Crippen LogP) is 4.93. The van der Waals surface area contributed by atoms with E-state index in [0.717, 1.165) is 10.8 Å². The van der Waals surface area contributed by atoms with Gasteiger partial charge in [0.25, 0.3) is 0 Å². The van der Waals surface area contributed by atoms with Gasteiger partial charge in [-0.3, -0.25) is 9.09 Å². The first-order chi connectivity index (χ1) is 12.4. The number of carboxylic acid groups (broad SMARTS) is 1. The van der Waals surface area contributed by atoms with Crippen molar-refractivity contribution in [3.63, 3.8) is 0 Å². The lowest BCUT2D eigenvalue weighted by Crippen LogP contribution is -2.15. The van der Waals surface area contributed by atoms with Crippen molar-refractivity contribution in [2.45, 2.75) is 18.7 Å². The molecule has 0 saturated heterocycles. The molecule has 0 fully saturated rings. The molecule has 3 aromatic carbocycles. The van der Waals surface area contributed by atoms with E-state index in [2.05, 4.69) is 0 Å². The fourth-order valence-corrected chi connectivity index (χ4v) is 4.01. The summed E-state index contributed by atoms with van der Waals surface area (Å²) in [5, 5.41) is 11.4. The van der Waals surface area contributed by atoms with Crippen molar-refractivity contribution in [2.24, 2.45) is 0 Å². The van der Waals surface area contributed by atoms with Gasteiger partial charge in [-0.05, 0) is 28.8 Å². The van der Waals surface area contributed by atoms with Crippen molar-refractivity contribution in [3.8, 4) is 0 Å². The number of rotatable bonds is 6. The zero-order valence-corrected chi connectivity index (χ0v) is 15.0. The minimum absolute atomic E-state index is 0.319. The number of carboxylic acids is 1. The standard InChI is InChI=1S/C20H19O5P/c1-14(17-12-11-15-7-5-6-10-18(15)13-17)26(23,24)25-19(20(21)22)16-8-3-2-4-9-16/h2-14,19H,1H3,(H,21,22)(H,23,24). The van der Waals surface area contributed by atoms with Crippen molar-refractivity contribution in [1.29, 1.82) is 0 Å². The smallest absolute Gasteiger partial charge is 0.338 e. The summed E-state index contributed by atoms with van der Waals surface area (Å²) in [7, 11) is -4.24. The highest BCUT2D eigenvalue weighted by Gasteiger charge is 2.36. The highest BCUT2D eigenvalue weighted by Crippen LogP contribution is 2.59. The van der Waals surface area contributed by atoms with Crippen molar-refractivity contribution >= 4 is 24.3 Å². The molecule has 3 unspecified atom stereocenters. The first kappa shape index (κ1) is 18.3. The van der Waals surface area contributed by atoms with Crippen LogP contribution in [0.4, 0.5) is 0 Å². The maximum Gasteiger partial charge on any atom is 0.338 e. The number of benzene rings is 3. The van der Waals surface area contributed by atoms with Crippen LogP contribution in [0.5, 0.6) is 0 Å². The normalized spacial score (nSPS) is 15.9. The molecular weight excluding hydrogens is 351 g/mol. The maximum absolute atomic E-state index is 12.8. The molecule has 134 valence electrons. The summed E-state index contributed by atoms with van der Waals surface area (Å²) in [6, 6.07) is 21.3. The summed E-state index contributed by atoms with van der Waals surface area (Å²) in [5.41, 5.74) is 0.0735. The van der Waals surface area contributed by atoms with Crippen molar-refractivity contribution in [3.05, 3.63) is 83.9 Å². The molecule has 3 atom stereocenters. The van der Waals surface area contributed by atoms with Crippen molar-refractivity contribution in [2.75, 3.05) is 0 Å². The SMILES string of the molecule is CC(c1ccc2ccccc2c1)P(=O)(O)OC(C(=O)O)c1ccccc1. The summed E-state index contributed by atoms with van der Waals surface area (Å²) < 4.78 is 18.0. The molecule has 0 aliphatic carbocycles. The van der Waals surface area contributed by atoms with Gasteiger partial charge in [0.05, 0.1) is 5.66 Å². The number of hydrogen-bond acceptors (Lipinski definition) is 3. The highest BCUT2D eigenvalue weighted by atomic mass is 31.2. The quantitative estimate of drug-likeness (QED) is 0.601. The third-order valence-corrected chi connectivity index (χ3v) is 6.12. The van der Waals surface area contributed by atoms with Gasteiger partial charge in [-0.2, -0.15) is 0 Å². The summed E-state index contributed by atoms with van der Waals surface area (Å²) in [4.78, 5) is 22.0. The van der Waals surface area contributed by atoms with E-state index in [-0.39, 0.29) is 0 Å². The second-order valence-electron chi connectivity index (χ2n) is 6.08. The van der Waals surface area contributed by atoms with Crippen LogP contribution in [-0.4, -0.2) is 16.0 Å². The van der Waals surface area contributed by atoms with Crippen LogP contribution in [0.15, 0.2) is 72.8 Å². The third kappa shape index (κ3) is 3.86. The summed E-state index contributed by atoms with van der Waals surface area (Å²) in [6.07, 6.45) is -1.50. The lowest BCUT2D eigenvalue weighted by Gasteiger charge is -2.23. The Morgan fingerprint density at radius 2 is 1.54 bits per heavy atom. The van der Waals surface area contributed by atoms with Gasteiger partial charge in [0.15, 0.2) is 6.10 Å². The summed E-state index contributed by atoms with van der Waals surface area (Å²) in [5.74, 6) is -1.31. The van der Waals surface area contributed by atoms with Crippen LogP contribution in [0.3, 0.4) is 0 Å². The minimum atomic E-state index is -4.24. The van der Waals surface area contributed by atoms with E-state index in [1.54, 1.807) is 43.3 Å². The second kappa shape index (κ2) is 7.42. The molecule has 2 N–H and O–H groups in total. The monoisotopic (exact) mass is 370 g/mol. The van der Waals surface area contributed by atoms with Crippen LogP contribution in [0.2, 0.25) is 0 Å². The van der Waals surface area contributed by atoms with Gasteiger partial charge in [0.2, 0.25) is 0 Å². The minimum Gasteiger partial charge on any atom is -0.479 e. The van der Waals surface area contributed by atoms with Crippen LogP contribution in [0.1, 0.15) is 29.8 Å². The van der Waals surface area contributed by atoms with E-state index >= 15 is 0 Å². The fraction of sp³-hybridized carbons (Fsp3) is 0.150. The second-order valence-corrected chi connectivity index (χ2v) is 8.19. The van der Waals surface area contributed by atoms with Crippen LogP contribution >= 0.6 is 7.60 Å². The molecule has 0 spiro atoms. The van der Waals surface area contributed by atoms with Crippen LogP contribution < -0.4 is 0 Å². The Kier molecular flexibility index (Phi) is 5.23. The maximum atomic E-state index is 12.8. The van der Waals surface area contributed by atoms with Gasteiger partial charge in [-0.1, -0.05) is 72.8 Å². The first-order valence-electron chi connectivity index (χ1n) is 8.16. The molecule has 0 heterocycles. The molecule has 0 saturated carbocycles. The molecular formula is C20H19O5P. The van der Waals surface area contributed by atoms with Gasteiger partial charge < -0.3 is 10.00 Å². The molecule has 0 amide bonds. The Balaban J connectivity index is 1.89. The fourth-order valence-electron chi connectivity index (χ4n) is 2.77. The van der Waals surface area contributed by atoms with E-state index in [4.69, 9.17) is 4.52 Å². The molecule has 0 aliphatic heterocycles. The molecule has 6 heteroatoms. The Bertz CT molecular complexity index is 970. The molecule has 5 nitrogen and oxygen atoms in total. The Morgan fingerprint density at radius 3 is 2.19 bits per heavy atom. The molecule has 26 heavy (non-hydrogen) atoms. The van der Waals surface area contributed by atoms with E-state index < -0.39 is 25.3 Å².